The van der Waals surface area contributed by atoms with Crippen LogP contribution >= 0.6 is 0 Å². The van der Waals surface area contributed by atoms with E-state index in [1.54, 1.807) is 6.07 Å². The predicted molar refractivity (Wildman–Crippen MR) is 42.5 cm³/mol. The molecule has 0 saturated carbocycles. The third kappa shape index (κ3) is 1.74. The summed E-state index contributed by atoms with van der Waals surface area (Å²) >= 11 is 0. The van der Waals surface area contributed by atoms with Gasteiger partial charge in [-0.3, -0.25) is 0 Å². The van der Waals surface area contributed by atoms with Gasteiger partial charge in [-0.15, -0.1) is 0 Å². The van der Waals surface area contributed by atoms with E-state index in [0.29, 0.717) is 5.75 Å². The summed E-state index contributed by atoms with van der Waals surface area (Å²) in [6.45, 7) is 2.02. The average molecular weight is 139 g/mol. The zero-order valence-electron chi connectivity index (χ0n) is 6.17. The summed E-state index contributed by atoms with van der Waals surface area (Å²) in [5.74, 6) is 0.403. The summed E-state index contributed by atoms with van der Waals surface area (Å²) in [7, 11) is 0. The Morgan fingerprint density at radius 3 is 2.30 bits per heavy atom. The molecule has 56 valence electrons. The van der Waals surface area contributed by atoms with Gasteiger partial charge in [0.2, 0.25) is 0 Å². The molecule has 0 aromatic heterocycles. The van der Waals surface area contributed by atoms with E-state index in [4.69, 9.17) is 5.11 Å². The number of hydrogen-bond donors (Lipinski definition) is 2. The molecule has 0 atom stereocenters. The molecular formula is C8H13NO. The van der Waals surface area contributed by atoms with Crippen molar-refractivity contribution in [2.45, 2.75) is 13.3 Å². The van der Waals surface area contributed by atoms with Crippen LogP contribution in [-0.4, -0.2) is 5.11 Å². The maximum atomic E-state index is 9.11. The fraction of sp³-hybridized carbons (Fsp3) is 0.250. The van der Waals surface area contributed by atoms with E-state index in [9.17, 15) is 0 Å². The number of benzene rings is 1. The Morgan fingerprint density at radius 1 is 1.30 bits per heavy atom. The van der Waals surface area contributed by atoms with Crippen molar-refractivity contribution < 1.29 is 5.11 Å². The van der Waals surface area contributed by atoms with Crippen molar-refractivity contribution in [3.63, 3.8) is 0 Å². The third-order valence-corrected chi connectivity index (χ3v) is 1.37. The number of hydrogen-bond acceptors (Lipinski definition) is 2. The highest BCUT2D eigenvalue weighted by Crippen LogP contribution is 2.14. The van der Waals surface area contributed by atoms with Gasteiger partial charge in [0, 0.05) is 0 Å². The summed E-state index contributed by atoms with van der Waals surface area (Å²) in [6, 6.07) is 7.39. The lowest BCUT2D eigenvalue weighted by Crippen LogP contribution is -1.77. The van der Waals surface area contributed by atoms with Crippen LogP contribution in [0.4, 0.5) is 0 Å². The summed E-state index contributed by atoms with van der Waals surface area (Å²) in [4.78, 5) is 0. The van der Waals surface area contributed by atoms with Crippen LogP contribution in [0.1, 0.15) is 12.5 Å². The molecule has 4 N–H and O–H groups in total. The maximum absolute atomic E-state index is 9.11. The molecule has 0 saturated heterocycles. The standard InChI is InChI=1S/C8H10O.H3N/c1-2-7-5-3-4-6-8(7)9;/h3-6,9H,2H2,1H3;1H3. The zero-order chi connectivity index (χ0) is 6.69. The second-order valence-electron chi connectivity index (χ2n) is 1.98. The van der Waals surface area contributed by atoms with Crippen LogP contribution in [0.15, 0.2) is 24.3 Å². The van der Waals surface area contributed by atoms with Crippen molar-refractivity contribution >= 4 is 0 Å². The molecule has 0 spiro atoms. The summed E-state index contributed by atoms with van der Waals surface area (Å²) in [5.41, 5.74) is 1.01. The van der Waals surface area contributed by atoms with Gasteiger partial charge in [0.1, 0.15) is 5.75 Å². The van der Waals surface area contributed by atoms with E-state index in [1.165, 1.54) is 0 Å². The van der Waals surface area contributed by atoms with E-state index < -0.39 is 0 Å². The highest BCUT2D eigenvalue weighted by atomic mass is 16.3. The van der Waals surface area contributed by atoms with Crippen LogP contribution < -0.4 is 6.15 Å². The second-order valence-corrected chi connectivity index (χ2v) is 1.98. The Balaban J connectivity index is 0.000000810. The monoisotopic (exact) mass is 139 g/mol. The van der Waals surface area contributed by atoms with Gasteiger partial charge in [-0.2, -0.15) is 0 Å². The molecule has 10 heavy (non-hydrogen) atoms. The normalized spacial score (nSPS) is 8.50. The minimum atomic E-state index is 0. The van der Waals surface area contributed by atoms with Gasteiger partial charge < -0.3 is 11.3 Å². The van der Waals surface area contributed by atoms with E-state index in [0.717, 1.165) is 12.0 Å². The zero-order valence-corrected chi connectivity index (χ0v) is 6.17. The summed E-state index contributed by atoms with van der Waals surface area (Å²) < 4.78 is 0. The molecule has 0 aliphatic heterocycles. The topological polar surface area (TPSA) is 55.2 Å². The summed E-state index contributed by atoms with van der Waals surface area (Å²) in [5, 5.41) is 9.11. The van der Waals surface area contributed by atoms with E-state index in [2.05, 4.69) is 0 Å². The Labute approximate surface area is 61.1 Å². The van der Waals surface area contributed by atoms with Crippen LogP contribution in [0, 0.1) is 0 Å². The van der Waals surface area contributed by atoms with Crippen LogP contribution in [0.2, 0.25) is 0 Å². The molecule has 0 amide bonds. The quantitative estimate of drug-likeness (QED) is 0.626. The SMILES string of the molecule is CCc1ccccc1O.N. The smallest absolute Gasteiger partial charge is 0.118 e. The van der Waals surface area contributed by atoms with E-state index >= 15 is 0 Å². The number of para-hydroxylation sites is 1. The molecule has 1 aromatic rings. The maximum Gasteiger partial charge on any atom is 0.118 e. The van der Waals surface area contributed by atoms with E-state index in [1.807, 2.05) is 25.1 Å². The van der Waals surface area contributed by atoms with Crippen molar-refractivity contribution in [2.75, 3.05) is 0 Å². The minimum Gasteiger partial charge on any atom is -0.508 e. The largest absolute Gasteiger partial charge is 0.508 e. The number of phenolic OH excluding ortho intramolecular Hbond substituents is 1. The van der Waals surface area contributed by atoms with Gasteiger partial charge in [-0.25, -0.2) is 0 Å². The predicted octanol–water partition coefficient (Wildman–Crippen LogP) is 2.12. The Kier molecular flexibility index (Phi) is 3.51. The molecule has 0 aliphatic carbocycles. The third-order valence-electron chi connectivity index (χ3n) is 1.37. The summed E-state index contributed by atoms with van der Waals surface area (Å²) in [6.07, 6.45) is 0.896. The molecular weight excluding hydrogens is 126 g/mol. The molecule has 1 rings (SSSR count). The van der Waals surface area contributed by atoms with Crippen molar-refractivity contribution in [3.8, 4) is 5.75 Å². The average Bonchev–Trinajstić information content (AvgIpc) is 1.89. The Hall–Kier alpha value is -1.02. The number of aryl methyl sites for hydroxylation is 1. The van der Waals surface area contributed by atoms with Crippen molar-refractivity contribution in [1.29, 1.82) is 0 Å². The van der Waals surface area contributed by atoms with Gasteiger partial charge in [0.05, 0.1) is 0 Å². The van der Waals surface area contributed by atoms with Crippen LogP contribution in [0.5, 0.6) is 5.75 Å². The molecule has 0 fully saturated rings. The lowest BCUT2D eigenvalue weighted by atomic mass is 10.1. The molecule has 1 aromatic carbocycles. The lowest BCUT2D eigenvalue weighted by Gasteiger charge is -1.97. The molecule has 0 radical (unpaired) electrons. The first-order valence-electron chi connectivity index (χ1n) is 3.11. The first-order valence-corrected chi connectivity index (χ1v) is 3.11. The lowest BCUT2D eigenvalue weighted by molar-refractivity contribution is 0.469. The molecule has 2 heteroatoms. The van der Waals surface area contributed by atoms with Crippen LogP contribution in [0.3, 0.4) is 0 Å². The van der Waals surface area contributed by atoms with Gasteiger partial charge in [0.25, 0.3) is 0 Å². The van der Waals surface area contributed by atoms with E-state index in [-0.39, 0.29) is 6.15 Å². The van der Waals surface area contributed by atoms with Crippen LogP contribution in [-0.2, 0) is 6.42 Å². The fourth-order valence-corrected chi connectivity index (χ4v) is 0.810. The molecule has 0 unspecified atom stereocenters. The van der Waals surface area contributed by atoms with Crippen molar-refractivity contribution in [3.05, 3.63) is 29.8 Å². The molecule has 0 aliphatic rings. The van der Waals surface area contributed by atoms with Crippen molar-refractivity contribution in [1.82, 2.24) is 6.15 Å². The minimum absolute atomic E-state index is 0. The number of phenols is 1. The highest BCUT2D eigenvalue weighted by molar-refractivity contribution is 5.31. The highest BCUT2D eigenvalue weighted by Gasteiger charge is 1.92. The van der Waals surface area contributed by atoms with Gasteiger partial charge in [-0.1, -0.05) is 25.1 Å². The first kappa shape index (κ1) is 8.98. The molecule has 0 heterocycles. The van der Waals surface area contributed by atoms with Gasteiger partial charge in [-0.05, 0) is 18.1 Å². The molecule has 0 bridgehead atoms. The fourth-order valence-electron chi connectivity index (χ4n) is 0.810. The second kappa shape index (κ2) is 3.90. The van der Waals surface area contributed by atoms with Gasteiger partial charge in [0.15, 0.2) is 0 Å². The Morgan fingerprint density at radius 2 is 1.90 bits per heavy atom. The van der Waals surface area contributed by atoms with Gasteiger partial charge >= 0.3 is 0 Å². The Bertz CT molecular complexity index is 198. The first-order chi connectivity index (χ1) is 4.34. The van der Waals surface area contributed by atoms with Crippen LogP contribution in [0.25, 0.3) is 0 Å². The number of rotatable bonds is 1. The van der Waals surface area contributed by atoms with Crippen molar-refractivity contribution in [2.24, 2.45) is 0 Å². The molecule has 2 nitrogen and oxygen atoms in total. The number of aromatic hydroxyl groups is 1.